The van der Waals surface area contributed by atoms with Crippen molar-refractivity contribution < 1.29 is 4.79 Å². The second kappa shape index (κ2) is 8.79. The molecular formula is C19H23N7O. The zero-order valence-electron chi connectivity index (χ0n) is 15.2. The number of pyridine rings is 1. The average molecular weight is 365 g/mol. The highest BCUT2D eigenvalue weighted by molar-refractivity contribution is 6.08. The highest BCUT2D eigenvalue weighted by Crippen LogP contribution is 2.20. The van der Waals surface area contributed by atoms with Crippen LogP contribution in [-0.2, 0) is 6.54 Å². The molecule has 27 heavy (non-hydrogen) atoms. The Kier molecular flexibility index (Phi) is 5.98. The normalized spacial score (nSPS) is 11.5. The van der Waals surface area contributed by atoms with Crippen molar-refractivity contribution in [3.05, 3.63) is 53.9 Å². The number of hydrogen-bond donors (Lipinski definition) is 4. The van der Waals surface area contributed by atoms with Gasteiger partial charge >= 0.3 is 0 Å². The molecule has 8 nitrogen and oxygen atoms in total. The molecule has 0 aliphatic carbocycles. The zero-order chi connectivity index (χ0) is 19.1. The maximum atomic E-state index is 12.5. The number of fused-ring (bicyclic) bond motifs is 1. The van der Waals surface area contributed by atoms with Gasteiger partial charge in [0, 0.05) is 18.3 Å². The van der Waals surface area contributed by atoms with E-state index in [2.05, 4.69) is 37.7 Å². The van der Waals surface area contributed by atoms with Gasteiger partial charge in [0.05, 0.1) is 23.8 Å². The van der Waals surface area contributed by atoms with E-state index < -0.39 is 0 Å². The highest BCUT2D eigenvalue weighted by atomic mass is 16.1. The molecule has 0 bridgehead atoms. The zero-order valence-corrected chi connectivity index (χ0v) is 15.2. The van der Waals surface area contributed by atoms with Gasteiger partial charge in [-0.1, -0.05) is 25.5 Å². The Morgan fingerprint density at radius 3 is 2.85 bits per heavy atom. The van der Waals surface area contributed by atoms with Crippen molar-refractivity contribution in [3.63, 3.8) is 0 Å². The standard InChI is InChI=1S/C19H23N7O/c1-2-3-9-22-19(20)23-11-13-4-6-14(7-5-13)18(27)25-16-8-10-21-17-15(16)12-24-26-17/h4-8,10,12H,2-3,9,11H2,1H3,(H3,20,22,23)(H2,21,24,25,26,27). The van der Waals surface area contributed by atoms with Gasteiger partial charge in [0.25, 0.3) is 5.91 Å². The van der Waals surface area contributed by atoms with E-state index in [0.29, 0.717) is 29.4 Å². The molecule has 0 aliphatic heterocycles. The van der Waals surface area contributed by atoms with Gasteiger partial charge in [-0.25, -0.2) is 9.98 Å². The number of nitrogens with one attached hydrogen (secondary N) is 3. The molecule has 0 atom stereocenters. The van der Waals surface area contributed by atoms with E-state index in [4.69, 9.17) is 5.73 Å². The Labute approximate surface area is 157 Å². The Balaban J connectivity index is 1.60. The number of aromatic amines is 1. The number of carbonyl (C=O) groups excluding carboxylic acids is 1. The molecule has 0 saturated carbocycles. The summed E-state index contributed by atoms with van der Waals surface area (Å²) in [5.74, 6) is 0.242. The molecule has 8 heteroatoms. The first-order chi connectivity index (χ1) is 13.2. The van der Waals surface area contributed by atoms with Gasteiger partial charge in [0.15, 0.2) is 11.6 Å². The second-order valence-corrected chi connectivity index (χ2v) is 6.12. The number of nitrogens with two attached hydrogens (primary N) is 1. The third-order valence-electron chi connectivity index (χ3n) is 4.09. The summed E-state index contributed by atoms with van der Waals surface area (Å²) in [6.45, 7) is 3.41. The molecule has 1 amide bonds. The van der Waals surface area contributed by atoms with Gasteiger partial charge in [0.2, 0.25) is 0 Å². The summed E-state index contributed by atoms with van der Waals surface area (Å²) >= 11 is 0. The molecule has 0 radical (unpaired) electrons. The SMILES string of the molecule is CCCCNC(N)=NCc1ccc(C(=O)Nc2ccnc3[nH]ncc23)cc1. The van der Waals surface area contributed by atoms with Crippen molar-refractivity contribution >= 4 is 28.6 Å². The predicted molar refractivity (Wildman–Crippen MR) is 107 cm³/mol. The third-order valence-corrected chi connectivity index (χ3v) is 4.09. The average Bonchev–Trinajstić information content (AvgIpc) is 3.17. The van der Waals surface area contributed by atoms with Crippen molar-refractivity contribution in [2.24, 2.45) is 10.7 Å². The lowest BCUT2D eigenvalue weighted by atomic mass is 10.1. The van der Waals surface area contributed by atoms with Gasteiger partial charge in [-0.15, -0.1) is 0 Å². The Morgan fingerprint density at radius 1 is 1.26 bits per heavy atom. The summed E-state index contributed by atoms with van der Waals surface area (Å²) in [4.78, 5) is 20.9. The molecule has 140 valence electrons. The molecule has 0 aliphatic rings. The molecule has 2 heterocycles. The molecule has 1 aromatic carbocycles. The van der Waals surface area contributed by atoms with Crippen LogP contribution in [0.15, 0.2) is 47.7 Å². The summed E-state index contributed by atoms with van der Waals surface area (Å²) in [7, 11) is 0. The number of aliphatic imine (C=N–C) groups is 1. The molecule has 0 fully saturated rings. The Morgan fingerprint density at radius 2 is 2.07 bits per heavy atom. The number of benzene rings is 1. The Bertz CT molecular complexity index is 931. The molecule has 0 saturated heterocycles. The minimum absolute atomic E-state index is 0.195. The second-order valence-electron chi connectivity index (χ2n) is 6.12. The van der Waals surface area contributed by atoms with E-state index in [1.165, 1.54) is 0 Å². The van der Waals surface area contributed by atoms with Crippen LogP contribution >= 0.6 is 0 Å². The highest BCUT2D eigenvalue weighted by Gasteiger charge is 2.09. The van der Waals surface area contributed by atoms with Gasteiger partial charge in [0.1, 0.15) is 0 Å². The summed E-state index contributed by atoms with van der Waals surface area (Å²) in [6.07, 6.45) is 5.42. The first-order valence-corrected chi connectivity index (χ1v) is 8.89. The number of amides is 1. The summed E-state index contributed by atoms with van der Waals surface area (Å²) in [5.41, 5.74) is 8.66. The number of hydrogen-bond acceptors (Lipinski definition) is 4. The lowest BCUT2D eigenvalue weighted by Gasteiger charge is -2.07. The molecule has 3 rings (SSSR count). The van der Waals surface area contributed by atoms with Gasteiger partial charge < -0.3 is 16.4 Å². The van der Waals surface area contributed by atoms with Crippen LogP contribution in [0, 0.1) is 0 Å². The number of aromatic nitrogens is 3. The van der Waals surface area contributed by atoms with Crippen molar-refractivity contribution in [3.8, 4) is 0 Å². The van der Waals surface area contributed by atoms with Crippen LogP contribution in [0.4, 0.5) is 5.69 Å². The van der Waals surface area contributed by atoms with E-state index >= 15 is 0 Å². The molecular weight excluding hydrogens is 342 g/mol. The first-order valence-electron chi connectivity index (χ1n) is 8.89. The van der Waals surface area contributed by atoms with Crippen LogP contribution in [0.3, 0.4) is 0 Å². The van der Waals surface area contributed by atoms with Gasteiger partial charge in [-0.3, -0.25) is 9.89 Å². The number of nitrogens with zero attached hydrogens (tertiary/aromatic N) is 3. The lowest BCUT2D eigenvalue weighted by Crippen LogP contribution is -2.32. The van der Waals surface area contributed by atoms with Crippen LogP contribution in [0.1, 0.15) is 35.7 Å². The fourth-order valence-corrected chi connectivity index (χ4v) is 2.54. The Hall–Kier alpha value is -3.42. The molecule has 2 aromatic heterocycles. The van der Waals surface area contributed by atoms with Gasteiger partial charge in [-0.05, 0) is 30.2 Å². The van der Waals surface area contributed by atoms with Crippen LogP contribution in [0.5, 0.6) is 0 Å². The minimum Gasteiger partial charge on any atom is -0.370 e. The smallest absolute Gasteiger partial charge is 0.255 e. The predicted octanol–water partition coefficient (Wildman–Crippen LogP) is 2.41. The van der Waals surface area contributed by atoms with E-state index in [0.717, 1.165) is 30.3 Å². The fourth-order valence-electron chi connectivity index (χ4n) is 2.54. The lowest BCUT2D eigenvalue weighted by molar-refractivity contribution is 0.102. The number of H-pyrrole nitrogens is 1. The summed E-state index contributed by atoms with van der Waals surface area (Å²) in [5, 5.41) is 13.5. The number of anilines is 1. The van der Waals surface area contributed by atoms with Crippen molar-refractivity contribution in [2.75, 3.05) is 11.9 Å². The van der Waals surface area contributed by atoms with Crippen molar-refractivity contribution in [1.29, 1.82) is 0 Å². The van der Waals surface area contributed by atoms with Crippen LogP contribution in [0.25, 0.3) is 11.0 Å². The van der Waals surface area contributed by atoms with Crippen LogP contribution < -0.4 is 16.4 Å². The summed E-state index contributed by atoms with van der Waals surface area (Å²) in [6, 6.07) is 9.03. The molecule has 0 spiro atoms. The van der Waals surface area contributed by atoms with E-state index in [9.17, 15) is 4.79 Å². The number of rotatable bonds is 7. The molecule has 5 N–H and O–H groups in total. The number of unbranched alkanes of at least 4 members (excludes halogenated alkanes) is 1. The van der Waals surface area contributed by atoms with Crippen molar-refractivity contribution in [1.82, 2.24) is 20.5 Å². The van der Waals surface area contributed by atoms with Crippen LogP contribution in [0.2, 0.25) is 0 Å². The first kappa shape index (κ1) is 18.4. The van der Waals surface area contributed by atoms with E-state index in [1.54, 1.807) is 30.6 Å². The van der Waals surface area contributed by atoms with Gasteiger partial charge in [-0.2, -0.15) is 5.10 Å². The van der Waals surface area contributed by atoms with E-state index in [-0.39, 0.29) is 5.91 Å². The van der Waals surface area contributed by atoms with Crippen LogP contribution in [-0.4, -0.2) is 33.6 Å². The quantitative estimate of drug-likeness (QED) is 0.291. The number of carbonyl (C=O) groups is 1. The minimum atomic E-state index is -0.195. The molecule has 3 aromatic rings. The number of guanidine groups is 1. The topological polar surface area (TPSA) is 121 Å². The molecule has 0 unspecified atom stereocenters. The third kappa shape index (κ3) is 4.81. The van der Waals surface area contributed by atoms with E-state index in [1.807, 2.05) is 12.1 Å². The summed E-state index contributed by atoms with van der Waals surface area (Å²) < 4.78 is 0. The maximum Gasteiger partial charge on any atom is 0.255 e. The fraction of sp³-hybridized carbons (Fsp3) is 0.263. The monoisotopic (exact) mass is 365 g/mol. The van der Waals surface area contributed by atoms with Crippen molar-refractivity contribution in [2.45, 2.75) is 26.3 Å². The maximum absolute atomic E-state index is 12.5. The largest absolute Gasteiger partial charge is 0.370 e.